The highest BCUT2D eigenvalue weighted by Gasteiger charge is 2.41. The number of benzene rings is 1. The molecule has 1 aromatic rings. The fourth-order valence-electron chi connectivity index (χ4n) is 4.11. The number of rotatable bonds is 4. The van der Waals surface area contributed by atoms with Gasteiger partial charge in [0.2, 0.25) is 0 Å². The highest BCUT2D eigenvalue weighted by Crippen LogP contribution is 2.36. The van der Waals surface area contributed by atoms with Crippen molar-refractivity contribution in [1.82, 2.24) is 15.5 Å². The van der Waals surface area contributed by atoms with E-state index in [2.05, 4.69) is 10.6 Å². The van der Waals surface area contributed by atoms with Crippen molar-refractivity contribution in [2.45, 2.75) is 43.6 Å². The van der Waals surface area contributed by atoms with Crippen molar-refractivity contribution in [1.29, 1.82) is 0 Å². The van der Waals surface area contributed by atoms with Gasteiger partial charge in [-0.3, -0.25) is 9.59 Å². The van der Waals surface area contributed by atoms with Crippen LogP contribution in [0.15, 0.2) is 18.2 Å². The number of amides is 2. The maximum absolute atomic E-state index is 13.0. The monoisotopic (exact) mass is 481 g/mol. The molecule has 0 spiro atoms. The highest BCUT2D eigenvalue weighted by molar-refractivity contribution is 5.94. The van der Waals surface area contributed by atoms with E-state index in [1.54, 1.807) is 4.90 Å². The number of carbonyl (C=O) groups is 2. The van der Waals surface area contributed by atoms with Crippen molar-refractivity contribution in [3.63, 3.8) is 0 Å². The van der Waals surface area contributed by atoms with Gasteiger partial charge >= 0.3 is 12.4 Å². The third-order valence-corrected chi connectivity index (χ3v) is 6.13. The Labute approximate surface area is 186 Å². The third kappa shape index (κ3) is 6.17. The summed E-state index contributed by atoms with van der Waals surface area (Å²) in [5, 5.41) is 16.1. The molecule has 2 saturated heterocycles. The van der Waals surface area contributed by atoms with E-state index in [9.17, 15) is 41.0 Å². The Balaban J connectivity index is 1.58. The minimum atomic E-state index is -5.03. The number of hydrogen-bond donors (Lipinski definition) is 3. The Hall–Kier alpha value is -2.34. The molecule has 0 saturated carbocycles. The summed E-state index contributed by atoms with van der Waals surface area (Å²) in [4.78, 5) is 26.5. The van der Waals surface area contributed by atoms with Crippen LogP contribution < -0.4 is 10.6 Å². The topological polar surface area (TPSA) is 81.7 Å². The van der Waals surface area contributed by atoms with Gasteiger partial charge in [-0.2, -0.15) is 26.3 Å². The van der Waals surface area contributed by atoms with Crippen LogP contribution in [-0.2, 0) is 17.1 Å². The lowest BCUT2D eigenvalue weighted by Gasteiger charge is -2.39. The number of nitrogens with zero attached hydrogens (tertiary/aromatic N) is 1. The minimum absolute atomic E-state index is 0.0280. The molecule has 2 heterocycles. The number of aliphatic hydroxyl groups is 1. The van der Waals surface area contributed by atoms with E-state index in [0.717, 1.165) is 0 Å². The molecule has 3 N–H and O–H groups in total. The molecular weight excluding hydrogens is 456 g/mol. The number of piperidine rings is 2. The van der Waals surface area contributed by atoms with E-state index in [1.807, 2.05) is 0 Å². The van der Waals surface area contributed by atoms with Gasteiger partial charge in [-0.1, -0.05) is 0 Å². The smallest absolute Gasteiger partial charge is 0.380 e. The van der Waals surface area contributed by atoms with Gasteiger partial charge in [-0.15, -0.1) is 0 Å². The van der Waals surface area contributed by atoms with Crippen molar-refractivity contribution in [3.05, 3.63) is 34.9 Å². The fourth-order valence-corrected chi connectivity index (χ4v) is 4.11. The standard InChI is InChI=1S/C21H25F6N3O3/c22-20(23,24)15-9-14(10-16(11-15)21(25,26)27)17(31)29-12-13-1-7-30(8-2-13)18(32)19(33)3-5-28-6-4-19/h9-11,13,28,33H,1-8,12H2,(H,29,31). The van der Waals surface area contributed by atoms with E-state index >= 15 is 0 Å². The van der Waals surface area contributed by atoms with Crippen LogP contribution in [0.4, 0.5) is 26.3 Å². The molecule has 0 aliphatic carbocycles. The average molecular weight is 481 g/mol. The Morgan fingerprint density at radius 3 is 2.00 bits per heavy atom. The number of likely N-dealkylation sites (tertiary alicyclic amines) is 1. The molecule has 1 aromatic carbocycles. The molecule has 2 aliphatic rings. The number of carbonyl (C=O) groups excluding carboxylic acids is 2. The van der Waals surface area contributed by atoms with E-state index in [-0.39, 0.29) is 24.4 Å². The second kappa shape index (κ2) is 9.49. The van der Waals surface area contributed by atoms with Gasteiger partial charge in [0.15, 0.2) is 0 Å². The predicted molar refractivity (Wildman–Crippen MR) is 105 cm³/mol. The van der Waals surface area contributed by atoms with E-state index in [4.69, 9.17) is 0 Å². The average Bonchev–Trinajstić information content (AvgIpc) is 2.76. The first-order chi connectivity index (χ1) is 15.3. The molecule has 0 aromatic heterocycles. The number of halogens is 6. The Kier molecular flexibility index (Phi) is 7.27. The van der Waals surface area contributed by atoms with Gasteiger partial charge in [0.25, 0.3) is 11.8 Å². The summed E-state index contributed by atoms with van der Waals surface area (Å²) in [6, 6.07) is 0.761. The molecule has 0 bridgehead atoms. The first kappa shape index (κ1) is 25.3. The van der Waals surface area contributed by atoms with Gasteiger partial charge < -0.3 is 20.6 Å². The minimum Gasteiger partial charge on any atom is -0.380 e. The van der Waals surface area contributed by atoms with Crippen LogP contribution in [0.5, 0.6) is 0 Å². The van der Waals surface area contributed by atoms with Gasteiger partial charge in [-0.25, -0.2) is 0 Å². The van der Waals surface area contributed by atoms with Crippen LogP contribution in [-0.4, -0.2) is 60.1 Å². The van der Waals surface area contributed by atoms with Gasteiger partial charge in [-0.05, 0) is 62.9 Å². The predicted octanol–water partition coefficient (Wildman–Crippen LogP) is 2.81. The quantitative estimate of drug-likeness (QED) is 0.578. The zero-order valence-electron chi connectivity index (χ0n) is 17.7. The summed E-state index contributed by atoms with van der Waals surface area (Å²) < 4.78 is 77.9. The molecule has 2 fully saturated rings. The van der Waals surface area contributed by atoms with Crippen molar-refractivity contribution in [3.8, 4) is 0 Å². The lowest BCUT2D eigenvalue weighted by Crippen LogP contribution is -2.56. The second-order valence-electron chi connectivity index (χ2n) is 8.52. The van der Waals surface area contributed by atoms with Crippen LogP contribution in [0, 0.1) is 5.92 Å². The summed E-state index contributed by atoms with van der Waals surface area (Å²) in [7, 11) is 0. The van der Waals surface area contributed by atoms with Crippen LogP contribution in [0.1, 0.15) is 47.2 Å². The summed E-state index contributed by atoms with van der Waals surface area (Å²) in [6.45, 7) is 1.81. The van der Waals surface area contributed by atoms with E-state index < -0.39 is 40.6 Å². The molecule has 33 heavy (non-hydrogen) atoms. The first-order valence-corrected chi connectivity index (χ1v) is 10.6. The van der Waals surface area contributed by atoms with Crippen LogP contribution in [0.25, 0.3) is 0 Å². The van der Waals surface area contributed by atoms with E-state index in [1.165, 1.54) is 0 Å². The number of alkyl halides is 6. The molecule has 184 valence electrons. The lowest BCUT2D eigenvalue weighted by molar-refractivity contribution is -0.155. The summed E-state index contributed by atoms with van der Waals surface area (Å²) in [6.07, 6.45) is -8.47. The summed E-state index contributed by atoms with van der Waals surface area (Å²) in [5.41, 5.74) is -5.22. The number of hydrogen-bond acceptors (Lipinski definition) is 4. The summed E-state index contributed by atoms with van der Waals surface area (Å²) >= 11 is 0. The van der Waals surface area contributed by atoms with Gasteiger partial charge in [0.1, 0.15) is 5.60 Å². The van der Waals surface area contributed by atoms with Gasteiger partial charge in [0.05, 0.1) is 11.1 Å². The van der Waals surface area contributed by atoms with Crippen molar-refractivity contribution >= 4 is 11.8 Å². The Morgan fingerprint density at radius 2 is 1.52 bits per heavy atom. The molecule has 0 unspecified atom stereocenters. The van der Waals surface area contributed by atoms with Crippen molar-refractivity contribution in [2.24, 2.45) is 5.92 Å². The van der Waals surface area contributed by atoms with E-state index in [0.29, 0.717) is 64.0 Å². The highest BCUT2D eigenvalue weighted by atomic mass is 19.4. The molecule has 3 rings (SSSR count). The van der Waals surface area contributed by atoms with Gasteiger partial charge in [0, 0.05) is 25.2 Å². The fraction of sp³-hybridized carbons (Fsp3) is 0.619. The molecule has 12 heteroatoms. The Bertz CT molecular complexity index is 841. The summed E-state index contributed by atoms with van der Waals surface area (Å²) in [5.74, 6) is -1.47. The SMILES string of the molecule is O=C(NCC1CCN(C(=O)C2(O)CCNCC2)CC1)c1cc(C(F)(F)F)cc(C(F)(F)F)c1. The van der Waals surface area contributed by atoms with Crippen molar-refractivity contribution < 1.29 is 41.0 Å². The maximum Gasteiger partial charge on any atom is 0.416 e. The van der Waals surface area contributed by atoms with Crippen LogP contribution in [0.2, 0.25) is 0 Å². The zero-order valence-corrected chi connectivity index (χ0v) is 17.7. The maximum atomic E-state index is 13.0. The molecular formula is C21H25F6N3O3. The molecule has 2 aliphatic heterocycles. The largest absolute Gasteiger partial charge is 0.416 e. The van der Waals surface area contributed by atoms with Crippen LogP contribution in [0.3, 0.4) is 0 Å². The van der Waals surface area contributed by atoms with Crippen molar-refractivity contribution in [2.75, 3.05) is 32.7 Å². The molecule has 0 radical (unpaired) electrons. The second-order valence-corrected chi connectivity index (χ2v) is 8.52. The normalized spacial score (nSPS) is 19.9. The molecule has 2 amide bonds. The zero-order chi connectivity index (χ0) is 24.4. The third-order valence-electron chi connectivity index (χ3n) is 6.13. The molecule has 6 nitrogen and oxygen atoms in total. The Morgan fingerprint density at radius 1 is 1.00 bits per heavy atom. The van der Waals surface area contributed by atoms with Crippen LogP contribution >= 0.6 is 0 Å². The lowest BCUT2D eigenvalue weighted by atomic mass is 9.89. The number of nitrogens with one attached hydrogen (secondary N) is 2. The molecule has 0 atom stereocenters. The first-order valence-electron chi connectivity index (χ1n) is 10.6.